The first-order valence-corrected chi connectivity index (χ1v) is 7.36. The van der Waals surface area contributed by atoms with E-state index in [-0.39, 0.29) is 23.9 Å². The van der Waals surface area contributed by atoms with E-state index in [9.17, 15) is 14.7 Å². The first-order chi connectivity index (χ1) is 9.56. The van der Waals surface area contributed by atoms with Gasteiger partial charge < -0.3 is 14.7 Å². The summed E-state index contributed by atoms with van der Waals surface area (Å²) in [5, 5.41) is 9.35. The van der Waals surface area contributed by atoms with Crippen LogP contribution in [0.2, 0.25) is 0 Å². The second-order valence-electron chi connectivity index (χ2n) is 6.28. The van der Waals surface area contributed by atoms with Crippen LogP contribution in [-0.4, -0.2) is 48.2 Å². The number of likely N-dealkylation sites (tertiary alicyclic amines) is 1. The van der Waals surface area contributed by atoms with E-state index in [2.05, 4.69) is 11.9 Å². The van der Waals surface area contributed by atoms with Crippen molar-refractivity contribution in [3.63, 3.8) is 0 Å². The van der Waals surface area contributed by atoms with Crippen molar-refractivity contribution >= 4 is 11.9 Å². The average molecular weight is 279 g/mol. The van der Waals surface area contributed by atoms with Crippen molar-refractivity contribution < 1.29 is 19.4 Å². The zero-order chi connectivity index (χ0) is 14.3. The van der Waals surface area contributed by atoms with E-state index in [0.717, 1.165) is 32.4 Å². The summed E-state index contributed by atoms with van der Waals surface area (Å²) < 4.78 is 5.59. The summed E-state index contributed by atoms with van der Waals surface area (Å²) in [6.07, 6.45) is 6.36. The number of carboxylic acid groups (broad SMARTS) is 1. The van der Waals surface area contributed by atoms with Crippen LogP contribution in [-0.2, 0) is 14.3 Å². The Morgan fingerprint density at radius 2 is 1.75 bits per heavy atom. The molecule has 5 heteroatoms. The average Bonchev–Trinajstić information content (AvgIpc) is 3.01. The van der Waals surface area contributed by atoms with Gasteiger partial charge in [-0.2, -0.15) is 0 Å². The SMILES string of the molecule is CN1CCC(OC(=O)[C@H]2[C@H](C(=O)O)[C@H]3C=C[C@H]2C3)CC1. The molecule has 0 aromatic carbocycles. The van der Waals surface area contributed by atoms with Crippen LogP contribution < -0.4 is 0 Å². The number of carbonyl (C=O) groups is 2. The minimum absolute atomic E-state index is 0.00698. The Hall–Kier alpha value is -1.36. The summed E-state index contributed by atoms with van der Waals surface area (Å²) >= 11 is 0. The summed E-state index contributed by atoms with van der Waals surface area (Å²) in [6, 6.07) is 0. The molecule has 0 unspecified atom stereocenters. The summed E-state index contributed by atoms with van der Waals surface area (Å²) in [6.45, 7) is 1.86. The van der Waals surface area contributed by atoms with Crippen LogP contribution in [0.4, 0.5) is 0 Å². The highest BCUT2D eigenvalue weighted by atomic mass is 16.5. The number of allylic oxidation sites excluding steroid dienone is 2. The van der Waals surface area contributed by atoms with Crippen molar-refractivity contribution in [2.24, 2.45) is 23.7 Å². The number of rotatable bonds is 3. The summed E-state index contributed by atoms with van der Waals surface area (Å²) in [7, 11) is 2.05. The minimum Gasteiger partial charge on any atom is -0.481 e. The molecular formula is C15H21NO4. The maximum absolute atomic E-state index is 12.4. The van der Waals surface area contributed by atoms with Gasteiger partial charge in [0.2, 0.25) is 0 Å². The van der Waals surface area contributed by atoms with Crippen molar-refractivity contribution in [3.8, 4) is 0 Å². The van der Waals surface area contributed by atoms with E-state index in [4.69, 9.17) is 4.74 Å². The van der Waals surface area contributed by atoms with E-state index >= 15 is 0 Å². The number of fused-ring (bicyclic) bond motifs is 2. The van der Waals surface area contributed by atoms with Crippen molar-refractivity contribution in [3.05, 3.63) is 12.2 Å². The monoisotopic (exact) mass is 279 g/mol. The first kappa shape index (κ1) is 13.6. The number of esters is 1. The topological polar surface area (TPSA) is 66.8 Å². The third-order valence-electron chi connectivity index (χ3n) is 4.96. The van der Waals surface area contributed by atoms with Crippen molar-refractivity contribution in [2.75, 3.05) is 20.1 Å². The van der Waals surface area contributed by atoms with E-state index in [1.165, 1.54) is 0 Å². The number of ether oxygens (including phenoxy) is 1. The highest BCUT2D eigenvalue weighted by molar-refractivity contribution is 5.83. The minimum atomic E-state index is -0.868. The lowest BCUT2D eigenvalue weighted by atomic mass is 9.83. The van der Waals surface area contributed by atoms with Crippen LogP contribution >= 0.6 is 0 Å². The Balaban J connectivity index is 1.64. The van der Waals surface area contributed by atoms with Gasteiger partial charge in [-0.05, 0) is 38.1 Å². The fraction of sp³-hybridized carbons (Fsp3) is 0.733. The Labute approximate surface area is 118 Å². The van der Waals surface area contributed by atoms with Crippen molar-refractivity contribution in [1.82, 2.24) is 4.90 Å². The van der Waals surface area contributed by atoms with Gasteiger partial charge in [-0.25, -0.2) is 0 Å². The standard InChI is InChI=1S/C15H21NO4/c1-16-6-4-11(5-7-16)20-15(19)13-10-3-2-9(8-10)12(13)14(17)18/h2-3,9-13H,4-8H2,1H3,(H,17,18)/t9-,10-,12+,13+/m0/s1. The third kappa shape index (κ3) is 2.35. The Morgan fingerprint density at radius 3 is 2.35 bits per heavy atom. The zero-order valence-electron chi connectivity index (χ0n) is 11.7. The van der Waals surface area contributed by atoms with Crippen LogP contribution in [0.1, 0.15) is 19.3 Å². The normalized spacial score (nSPS) is 37.2. The molecule has 0 aromatic rings. The van der Waals surface area contributed by atoms with Gasteiger partial charge in [-0.1, -0.05) is 12.2 Å². The molecule has 2 bridgehead atoms. The number of carboxylic acids is 1. The van der Waals surface area contributed by atoms with Gasteiger partial charge >= 0.3 is 11.9 Å². The molecule has 2 aliphatic carbocycles. The molecule has 1 heterocycles. The van der Waals surface area contributed by atoms with Gasteiger partial charge in [0, 0.05) is 13.1 Å². The lowest BCUT2D eigenvalue weighted by Gasteiger charge is -2.31. The quantitative estimate of drug-likeness (QED) is 0.620. The van der Waals surface area contributed by atoms with Gasteiger partial charge in [0.05, 0.1) is 11.8 Å². The van der Waals surface area contributed by atoms with Gasteiger partial charge in [-0.15, -0.1) is 0 Å². The van der Waals surface area contributed by atoms with Gasteiger partial charge in [-0.3, -0.25) is 9.59 Å². The number of hydrogen-bond donors (Lipinski definition) is 1. The molecule has 4 atom stereocenters. The molecule has 2 fully saturated rings. The van der Waals surface area contributed by atoms with Crippen molar-refractivity contribution in [1.29, 1.82) is 0 Å². The fourth-order valence-corrected chi connectivity index (χ4v) is 3.83. The van der Waals surface area contributed by atoms with Crippen LogP contribution in [0.25, 0.3) is 0 Å². The smallest absolute Gasteiger partial charge is 0.310 e. The van der Waals surface area contributed by atoms with E-state index < -0.39 is 17.8 Å². The largest absolute Gasteiger partial charge is 0.481 e. The molecule has 20 heavy (non-hydrogen) atoms. The summed E-state index contributed by atoms with van der Waals surface area (Å²) in [4.78, 5) is 26.0. The summed E-state index contributed by atoms with van der Waals surface area (Å²) in [5.74, 6) is -2.19. The van der Waals surface area contributed by atoms with Crippen LogP contribution in [0.15, 0.2) is 12.2 Å². The predicted octanol–water partition coefficient (Wildman–Crippen LogP) is 1.15. The van der Waals surface area contributed by atoms with Gasteiger partial charge in [0.15, 0.2) is 0 Å². The molecular weight excluding hydrogens is 258 g/mol. The van der Waals surface area contributed by atoms with Gasteiger partial charge in [0.25, 0.3) is 0 Å². The van der Waals surface area contributed by atoms with Crippen molar-refractivity contribution in [2.45, 2.75) is 25.4 Å². The maximum atomic E-state index is 12.4. The lowest BCUT2D eigenvalue weighted by Crippen LogP contribution is -2.39. The first-order valence-electron chi connectivity index (χ1n) is 7.36. The highest BCUT2D eigenvalue weighted by Gasteiger charge is 2.52. The molecule has 0 aromatic heterocycles. The molecule has 3 aliphatic rings. The molecule has 0 amide bonds. The molecule has 1 N–H and O–H groups in total. The molecule has 1 saturated carbocycles. The number of carbonyl (C=O) groups excluding carboxylic acids is 1. The van der Waals surface area contributed by atoms with Crippen LogP contribution in [0, 0.1) is 23.7 Å². The predicted molar refractivity (Wildman–Crippen MR) is 72.0 cm³/mol. The van der Waals surface area contributed by atoms with E-state index in [1.807, 2.05) is 12.2 Å². The fourth-order valence-electron chi connectivity index (χ4n) is 3.83. The van der Waals surface area contributed by atoms with Crippen LogP contribution in [0.5, 0.6) is 0 Å². The van der Waals surface area contributed by atoms with E-state index in [0.29, 0.717) is 0 Å². The highest BCUT2D eigenvalue weighted by Crippen LogP contribution is 2.48. The number of nitrogens with zero attached hydrogens (tertiary/aromatic N) is 1. The Kier molecular flexibility index (Phi) is 3.54. The molecule has 1 saturated heterocycles. The second kappa shape index (κ2) is 5.20. The number of aliphatic carboxylic acids is 1. The zero-order valence-corrected chi connectivity index (χ0v) is 11.7. The molecule has 3 rings (SSSR count). The molecule has 1 aliphatic heterocycles. The van der Waals surface area contributed by atoms with E-state index in [1.54, 1.807) is 0 Å². The molecule has 0 spiro atoms. The summed E-state index contributed by atoms with van der Waals surface area (Å²) in [5.41, 5.74) is 0. The maximum Gasteiger partial charge on any atom is 0.310 e. The molecule has 5 nitrogen and oxygen atoms in total. The number of hydrogen-bond acceptors (Lipinski definition) is 4. The molecule has 0 radical (unpaired) electrons. The van der Waals surface area contributed by atoms with Crippen LogP contribution in [0.3, 0.4) is 0 Å². The molecule has 110 valence electrons. The number of piperidine rings is 1. The Bertz CT molecular complexity index is 439. The van der Waals surface area contributed by atoms with Gasteiger partial charge in [0.1, 0.15) is 6.10 Å². The lowest BCUT2D eigenvalue weighted by molar-refractivity contribution is -0.164. The third-order valence-corrected chi connectivity index (χ3v) is 4.96. The Morgan fingerprint density at radius 1 is 1.15 bits per heavy atom. The second-order valence-corrected chi connectivity index (χ2v) is 6.28.